The van der Waals surface area contributed by atoms with E-state index >= 15 is 0 Å². The minimum absolute atomic E-state index is 0.118. The van der Waals surface area contributed by atoms with E-state index in [2.05, 4.69) is 20.5 Å². The van der Waals surface area contributed by atoms with E-state index in [0.29, 0.717) is 17.3 Å². The van der Waals surface area contributed by atoms with Crippen LogP contribution in [-0.4, -0.2) is 56.5 Å². The molecule has 3 rings (SSSR count). The molecule has 3 heterocycles. The Morgan fingerprint density at radius 2 is 2.11 bits per heavy atom. The molecule has 0 aliphatic heterocycles. The number of pyridine rings is 1. The van der Waals surface area contributed by atoms with Crippen LogP contribution in [0.4, 0.5) is 11.6 Å². The lowest BCUT2D eigenvalue weighted by atomic mass is 10.2. The van der Waals surface area contributed by atoms with Crippen molar-refractivity contribution in [3.8, 4) is 0 Å². The van der Waals surface area contributed by atoms with Gasteiger partial charge in [0.1, 0.15) is 11.3 Å². The molecule has 0 bridgehead atoms. The Bertz CT molecular complexity index is 992. The predicted octanol–water partition coefficient (Wildman–Crippen LogP) is 1.35. The highest BCUT2D eigenvalue weighted by atomic mass is 16.5. The molecular weight excluding hydrogens is 350 g/mol. The van der Waals surface area contributed by atoms with Crippen molar-refractivity contribution in [1.29, 1.82) is 0 Å². The highest BCUT2D eigenvalue weighted by Crippen LogP contribution is 2.16. The molecule has 10 nitrogen and oxygen atoms in total. The third-order valence-electron chi connectivity index (χ3n) is 4.05. The first kappa shape index (κ1) is 18.4. The van der Waals surface area contributed by atoms with Gasteiger partial charge in [-0.1, -0.05) is 0 Å². The second-order valence-electron chi connectivity index (χ2n) is 5.85. The Morgan fingerprint density at radius 1 is 1.33 bits per heavy atom. The maximum atomic E-state index is 12.7. The van der Waals surface area contributed by atoms with Crippen LogP contribution in [0.1, 0.15) is 34.7 Å². The van der Waals surface area contributed by atoms with Crippen molar-refractivity contribution in [3.63, 3.8) is 0 Å². The number of amides is 1. The highest BCUT2D eigenvalue weighted by Gasteiger charge is 2.23. The molecule has 0 aromatic carbocycles. The maximum absolute atomic E-state index is 12.7. The summed E-state index contributed by atoms with van der Waals surface area (Å²) < 4.78 is 7.95. The van der Waals surface area contributed by atoms with E-state index in [1.54, 1.807) is 36.8 Å². The molecule has 0 fully saturated rings. The zero-order valence-electron chi connectivity index (χ0n) is 15.6. The Hall–Kier alpha value is -3.43. The average Bonchev–Trinajstić information content (AvgIpc) is 3.24. The largest absolute Gasteiger partial charge is 0.462 e. The molecule has 0 unspecified atom stereocenters. The van der Waals surface area contributed by atoms with Gasteiger partial charge in [0.05, 0.1) is 12.8 Å². The topological polar surface area (TPSA) is 107 Å². The summed E-state index contributed by atoms with van der Waals surface area (Å²) in [5.74, 6) is -0.457. The fourth-order valence-corrected chi connectivity index (χ4v) is 2.51. The SMILES string of the molecule is CCOC(=O)c1cnn(C)c1C(=O)Nc1ccn2nc(N(C)CC)nc2c1. The van der Waals surface area contributed by atoms with E-state index in [-0.39, 0.29) is 17.9 Å². The summed E-state index contributed by atoms with van der Waals surface area (Å²) in [7, 11) is 3.49. The minimum Gasteiger partial charge on any atom is -0.462 e. The fraction of sp³-hybridized carbons (Fsp3) is 0.353. The number of fused-ring (bicyclic) bond motifs is 1. The summed E-state index contributed by atoms with van der Waals surface area (Å²) >= 11 is 0. The van der Waals surface area contributed by atoms with Crippen molar-refractivity contribution >= 4 is 29.2 Å². The van der Waals surface area contributed by atoms with Crippen molar-refractivity contribution in [2.24, 2.45) is 7.05 Å². The second kappa shape index (κ2) is 7.44. The maximum Gasteiger partial charge on any atom is 0.342 e. The van der Waals surface area contributed by atoms with Crippen LogP contribution in [0.5, 0.6) is 0 Å². The molecule has 0 saturated heterocycles. The van der Waals surface area contributed by atoms with Crippen LogP contribution < -0.4 is 10.2 Å². The number of carbonyl (C=O) groups is 2. The Kier molecular flexibility index (Phi) is 5.06. The molecule has 0 aliphatic carbocycles. The van der Waals surface area contributed by atoms with Crippen LogP contribution in [0, 0.1) is 0 Å². The zero-order valence-corrected chi connectivity index (χ0v) is 15.6. The van der Waals surface area contributed by atoms with Gasteiger partial charge in [-0.15, -0.1) is 5.10 Å². The minimum atomic E-state index is -0.587. The summed E-state index contributed by atoms with van der Waals surface area (Å²) in [5.41, 5.74) is 1.37. The molecule has 0 atom stereocenters. The zero-order chi connectivity index (χ0) is 19.6. The molecule has 0 aliphatic rings. The van der Waals surface area contributed by atoms with Gasteiger partial charge >= 0.3 is 5.97 Å². The lowest BCUT2D eigenvalue weighted by molar-refractivity contribution is 0.0523. The number of rotatable bonds is 6. The van der Waals surface area contributed by atoms with E-state index in [9.17, 15) is 9.59 Å². The number of nitrogens with one attached hydrogen (secondary N) is 1. The van der Waals surface area contributed by atoms with Crippen LogP contribution in [0.25, 0.3) is 5.65 Å². The third kappa shape index (κ3) is 3.59. The third-order valence-corrected chi connectivity index (χ3v) is 4.05. The van der Waals surface area contributed by atoms with Crippen molar-refractivity contribution in [2.45, 2.75) is 13.8 Å². The molecule has 3 aromatic rings. The van der Waals surface area contributed by atoms with Gasteiger partial charge in [-0.2, -0.15) is 10.1 Å². The first-order chi connectivity index (χ1) is 12.9. The van der Waals surface area contributed by atoms with E-state index in [4.69, 9.17) is 4.74 Å². The van der Waals surface area contributed by atoms with Crippen molar-refractivity contribution in [1.82, 2.24) is 24.4 Å². The molecule has 0 saturated carbocycles. The number of aromatic nitrogens is 5. The first-order valence-corrected chi connectivity index (χ1v) is 8.52. The number of hydrogen-bond donors (Lipinski definition) is 1. The van der Waals surface area contributed by atoms with Gasteiger partial charge in [0.2, 0.25) is 5.95 Å². The van der Waals surface area contributed by atoms with Gasteiger partial charge in [0.15, 0.2) is 5.65 Å². The Balaban J connectivity index is 1.86. The molecule has 1 amide bonds. The van der Waals surface area contributed by atoms with Gasteiger partial charge in [-0.3, -0.25) is 9.48 Å². The second-order valence-corrected chi connectivity index (χ2v) is 5.85. The summed E-state index contributed by atoms with van der Waals surface area (Å²) in [6.45, 7) is 4.70. The van der Waals surface area contributed by atoms with Crippen molar-refractivity contribution in [3.05, 3.63) is 35.8 Å². The van der Waals surface area contributed by atoms with E-state index in [1.807, 2.05) is 18.9 Å². The van der Waals surface area contributed by atoms with Crippen LogP contribution in [0.3, 0.4) is 0 Å². The summed E-state index contributed by atoms with van der Waals surface area (Å²) in [5, 5.41) is 11.1. The number of esters is 1. The van der Waals surface area contributed by atoms with E-state index in [0.717, 1.165) is 6.54 Å². The molecule has 0 spiro atoms. The van der Waals surface area contributed by atoms with Gasteiger partial charge < -0.3 is 15.0 Å². The van der Waals surface area contributed by atoms with Crippen molar-refractivity contribution in [2.75, 3.05) is 30.4 Å². The quantitative estimate of drug-likeness (QED) is 0.652. The molecule has 0 radical (unpaired) electrons. The summed E-state index contributed by atoms with van der Waals surface area (Å²) in [6.07, 6.45) is 3.03. The standard InChI is InChI=1S/C17H21N7O3/c1-5-22(3)17-20-13-9-11(7-8-24(13)21-17)19-15(25)14-12(10-18-23(14)4)16(26)27-6-2/h7-10H,5-6H2,1-4H3,(H,19,25). The Morgan fingerprint density at radius 3 is 2.81 bits per heavy atom. The highest BCUT2D eigenvalue weighted by molar-refractivity contribution is 6.10. The molecule has 1 N–H and O–H groups in total. The molecule has 10 heteroatoms. The summed E-state index contributed by atoms with van der Waals surface area (Å²) in [4.78, 5) is 31.1. The van der Waals surface area contributed by atoms with Gasteiger partial charge in [-0.05, 0) is 19.9 Å². The molecule has 142 valence electrons. The van der Waals surface area contributed by atoms with E-state index < -0.39 is 11.9 Å². The lowest BCUT2D eigenvalue weighted by Gasteiger charge is -2.09. The van der Waals surface area contributed by atoms with Gasteiger partial charge in [-0.25, -0.2) is 9.31 Å². The van der Waals surface area contributed by atoms with Gasteiger partial charge in [0, 0.05) is 38.6 Å². The average molecular weight is 371 g/mol. The lowest BCUT2D eigenvalue weighted by Crippen LogP contribution is -2.20. The number of aryl methyl sites for hydroxylation is 1. The number of hydrogen-bond acceptors (Lipinski definition) is 7. The van der Waals surface area contributed by atoms with E-state index in [1.165, 1.54) is 10.9 Å². The Labute approximate surface area is 155 Å². The van der Waals surface area contributed by atoms with Crippen LogP contribution >= 0.6 is 0 Å². The number of ether oxygens (including phenoxy) is 1. The van der Waals surface area contributed by atoms with Crippen molar-refractivity contribution < 1.29 is 14.3 Å². The first-order valence-electron chi connectivity index (χ1n) is 8.52. The molecular formula is C17H21N7O3. The number of carbonyl (C=O) groups excluding carboxylic acids is 2. The number of anilines is 2. The van der Waals surface area contributed by atoms with Gasteiger partial charge in [0.25, 0.3) is 5.91 Å². The smallest absolute Gasteiger partial charge is 0.342 e. The van der Waals surface area contributed by atoms with Crippen LogP contribution in [0.2, 0.25) is 0 Å². The normalized spacial score (nSPS) is 10.8. The fourth-order valence-electron chi connectivity index (χ4n) is 2.51. The monoisotopic (exact) mass is 371 g/mol. The number of nitrogens with zero attached hydrogens (tertiary/aromatic N) is 6. The molecule has 3 aromatic heterocycles. The predicted molar refractivity (Wildman–Crippen MR) is 99.0 cm³/mol. The summed E-state index contributed by atoms with van der Waals surface area (Å²) in [6, 6.07) is 3.41. The van der Waals surface area contributed by atoms with Crippen LogP contribution in [0.15, 0.2) is 24.5 Å². The van der Waals surface area contributed by atoms with Crippen LogP contribution in [-0.2, 0) is 11.8 Å². The molecule has 27 heavy (non-hydrogen) atoms.